The zero-order valence-electron chi connectivity index (χ0n) is 13.3. The number of nitrogens with zero attached hydrogens (tertiary/aromatic N) is 1. The molecule has 3 N–H and O–H groups in total. The molecule has 0 heterocycles. The lowest BCUT2D eigenvalue weighted by atomic mass is 10.2. The first-order valence-corrected chi connectivity index (χ1v) is 7.51. The van der Waals surface area contributed by atoms with Gasteiger partial charge in [-0.3, -0.25) is 9.59 Å². The Morgan fingerprint density at radius 2 is 1.83 bits per heavy atom. The highest BCUT2D eigenvalue weighted by Gasteiger charge is 2.07. The number of aromatic hydroxyl groups is 1. The van der Waals surface area contributed by atoms with Crippen molar-refractivity contribution in [1.29, 1.82) is 0 Å². The number of para-hydroxylation sites is 1. The molecule has 2 aromatic rings. The van der Waals surface area contributed by atoms with Gasteiger partial charge in [-0.1, -0.05) is 24.3 Å². The third-order valence-electron chi connectivity index (χ3n) is 3.21. The summed E-state index contributed by atoms with van der Waals surface area (Å²) in [5.74, 6) is -0.533. The van der Waals surface area contributed by atoms with E-state index in [4.69, 9.17) is 0 Å². The standard InChI is InChI=1S/C18H19N3O3/c1-13-5-4-7-15(11-13)20-17(23)9-10-18(24)21-19-12-14-6-2-3-8-16(14)22/h2-8,11-12,22H,9-10H2,1H3,(H,20,23)(H,21,24)/b19-12+. The third-order valence-corrected chi connectivity index (χ3v) is 3.21. The zero-order valence-corrected chi connectivity index (χ0v) is 13.3. The average Bonchev–Trinajstić information content (AvgIpc) is 2.55. The zero-order chi connectivity index (χ0) is 17.4. The lowest BCUT2D eigenvalue weighted by Gasteiger charge is -2.05. The van der Waals surface area contributed by atoms with Crippen LogP contribution in [0.5, 0.6) is 5.75 Å². The van der Waals surface area contributed by atoms with Crippen LogP contribution in [0.15, 0.2) is 53.6 Å². The van der Waals surface area contributed by atoms with E-state index >= 15 is 0 Å². The Kier molecular flexibility index (Phi) is 6.08. The Balaban J connectivity index is 1.75. The van der Waals surface area contributed by atoms with Gasteiger partial charge in [0.1, 0.15) is 5.75 Å². The SMILES string of the molecule is Cc1cccc(NC(=O)CCC(=O)N/N=C/c2ccccc2O)c1. The first-order chi connectivity index (χ1) is 11.5. The average molecular weight is 325 g/mol. The van der Waals surface area contributed by atoms with Crippen molar-refractivity contribution in [2.75, 3.05) is 5.32 Å². The summed E-state index contributed by atoms with van der Waals surface area (Å²) in [4.78, 5) is 23.5. The van der Waals surface area contributed by atoms with E-state index < -0.39 is 0 Å². The number of carbonyl (C=O) groups excluding carboxylic acids is 2. The number of amides is 2. The molecule has 0 unspecified atom stereocenters. The van der Waals surface area contributed by atoms with Gasteiger partial charge in [0.2, 0.25) is 11.8 Å². The van der Waals surface area contributed by atoms with E-state index in [2.05, 4.69) is 15.8 Å². The summed E-state index contributed by atoms with van der Waals surface area (Å²) in [6.45, 7) is 1.94. The van der Waals surface area contributed by atoms with E-state index in [1.165, 1.54) is 12.3 Å². The van der Waals surface area contributed by atoms with Crippen LogP contribution in [0.1, 0.15) is 24.0 Å². The maximum atomic E-state index is 11.8. The van der Waals surface area contributed by atoms with Crippen LogP contribution in [-0.2, 0) is 9.59 Å². The van der Waals surface area contributed by atoms with Gasteiger partial charge in [-0.25, -0.2) is 5.43 Å². The van der Waals surface area contributed by atoms with Crippen molar-refractivity contribution < 1.29 is 14.7 Å². The largest absolute Gasteiger partial charge is 0.507 e. The molecule has 0 fully saturated rings. The lowest BCUT2D eigenvalue weighted by Crippen LogP contribution is -2.20. The summed E-state index contributed by atoms with van der Waals surface area (Å²) in [6, 6.07) is 14.1. The van der Waals surface area contributed by atoms with Gasteiger partial charge in [0, 0.05) is 24.1 Å². The molecule has 0 saturated heterocycles. The quantitative estimate of drug-likeness (QED) is 0.563. The van der Waals surface area contributed by atoms with E-state index in [9.17, 15) is 14.7 Å². The van der Waals surface area contributed by atoms with Crippen LogP contribution in [0.4, 0.5) is 5.69 Å². The van der Waals surface area contributed by atoms with Crippen molar-refractivity contribution in [1.82, 2.24) is 5.43 Å². The first kappa shape index (κ1) is 17.2. The minimum Gasteiger partial charge on any atom is -0.507 e. The number of phenols is 1. The van der Waals surface area contributed by atoms with Crippen LogP contribution in [-0.4, -0.2) is 23.1 Å². The number of hydrogen-bond donors (Lipinski definition) is 3. The van der Waals surface area contributed by atoms with Crippen LogP contribution < -0.4 is 10.7 Å². The fourth-order valence-electron chi connectivity index (χ4n) is 2.00. The first-order valence-electron chi connectivity index (χ1n) is 7.51. The molecule has 2 rings (SSSR count). The van der Waals surface area contributed by atoms with Gasteiger partial charge in [0.05, 0.1) is 6.21 Å². The number of carbonyl (C=O) groups is 2. The smallest absolute Gasteiger partial charge is 0.240 e. The number of nitrogens with one attached hydrogen (secondary N) is 2. The van der Waals surface area contributed by atoms with Crippen molar-refractivity contribution >= 4 is 23.7 Å². The molecule has 124 valence electrons. The van der Waals surface area contributed by atoms with Crippen molar-refractivity contribution in [3.05, 3.63) is 59.7 Å². The van der Waals surface area contributed by atoms with Gasteiger partial charge >= 0.3 is 0 Å². The van der Waals surface area contributed by atoms with Crippen LogP contribution in [0, 0.1) is 6.92 Å². The fourth-order valence-corrected chi connectivity index (χ4v) is 2.00. The molecule has 0 atom stereocenters. The Labute approximate surface area is 140 Å². The summed E-state index contributed by atoms with van der Waals surface area (Å²) >= 11 is 0. The summed E-state index contributed by atoms with van der Waals surface area (Å²) in [6.07, 6.45) is 1.43. The summed E-state index contributed by atoms with van der Waals surface area (Å²) in [5, 5.41) is 16.1. The molecule has 0 aliphatic carbocycles. The fraction of sp³-hybridized carbons (Fsp3) is 0.167. The van der Waals surface area contributed by atoms with Crippen LogP contribution >= 0.6 is 0 Å². The molecule has 0 aromatic heterocycles. The molecule has 0 aliphatic heterocycles. The second kappa shape index (κ2) is 8.47. The third kappa shape index (κ3) is 5.57. The number of hydrazone groups is 1. The topological polar surface area (TPSA) is 90.8 Å². The van der Waals surface area contributed by atoms with Gasteiger partial charge < -0.3 is 10.4 Å². The monoisotopic (exact) mass is 325 g/mol. The molecule has 2 aromatic carbocycles. The Hall–Kier alpha value is -3.15. The molecule has 0 bridgehead atoms. The highest BCUT2D eigenvalue weighted by atomic mass is 16.3. The number of phenolic OH excluding ortho intramolecular Hbond substituents is 1. The second-order valence-electron chi connectivity index (χ2n) is 5.27. The Morgan fingerprint density at radius 1 is 1.08 bits per heavy atom. The molecular formula is C18H19N3O3. The van der Waals surface area contributed by atoms with Gasteiger partial charge in [-0.15, -0.1) is 0 Å². The van der Waals surface area contributed by atoms with E-state index in [0.717, 1.165) is 5.56 Å². The molecule has 2 amide bonds. The predicted molar refractivity (Wildman–Crippen MR) is 92.9 cm³/mol. The van der Waals surface area contributed by atoms with Gasteiger partial charge in [0.25, 0.3) is 0 Å². The van der Waals surface area contributed by atoms with Gasteiger partial charge in [0.15, 0.2) is 0 Å². The minimum absolute atomic E-state index is 0.0236. The van der Waals surface area contributed by atoms with Crippen molar-refractivity contribution in [3.8, 4) is 5.75 Å². The number of benzene rings is 2. The highest BCUT2D eigenvalue weighted by Crippen LogP contribution is 2.12. The normalized spacial score (nSPS) is 10.5. The van der Waals surface area contributed by atoms with Crippen LogP contribution in [0.25, 0.3) is 0 Å². The molecule has 0 spiro atoms. The number of anilines is 1. The van der Waals surface area contributed by atoms with E-state index in [1.54, 1.807) is 24.3 Å². The molecule has 0 saturated carbocycles. The highest BCUT2D eigenvalue weighted by molar-refractivity contribution is 5.93. The van der Waals surface area contributed by atoms with E-state index in [-0.39, 0.29) is 30.4 Å². The van der Waals surface area contributed by atoms with Crippen molar-refractivity contribution in [3.63, 3.8) is 0 Å². The van der Waals surface area contributed by atoms with Gasteiger partial charge in [-0.2, -0.15) is 5.10 Å². The predicted octanol–water partition coefficient (Wildman–Crippen LogP) is 2.57. The second-order valence-corrected chi connectivity index (χ2v) is 5.27. The van der Waals surface area contributed by atoms with Gasteiger partial charge in [-0.05, 0) is 36.8 Å². The number of aryl methyl sites for hydroxylation is 1. The maximum absolute atomic E-state index is 11.8. The molecule has 0 radical (unpaired) electrons. The number of rotatable bonds is 6. The molecule has 6 nitrogen and oxygen atoms in total. The summed E-state index contributed by atoms with van der Waals surface area (Å²) in [5.41, 5.74) is 4.57. The number of hydrogen-bond acceptors (Lipinski definition) is 4. The van der Waals surface area contributed by atoms with Crippen LogP contribution in [0.2, 0.25) is 0 Å². The van der Waals surface area contributed by atoms with E-state index in [0.29, 0.717) is 11.3 Å². The summed E-state index contributed by atoms with van der Waals surface area (Å²) in [7, 11) is 0. The molecule has 0 aliphatic rings. The van der Waals surface area contributed by atoms with Crippen molar-refractivity contribution in [2.24, 2.45) is 5.10 Å². The minimum atomic E-state index is -0.374. The maximum Gasteiger partial charge on any atom is 0.240 e. The molecule has 24 heavy (non-hydrogen) atoms. The lowest BCUT2D eigenvalue weighted by molar-refractivity contribution is -0.124. The molecular weight excluding hydrogens is 306 g/mol. The van der Waals surface area contributed by atoms with Crippen molar-refractivity contribution in [2.45, 2.75) is 19.8 Å². The molecule has 6 heteroatoms. The Morgan fingerprint density at radius 3 is 2.58 bits per heavy atom. The van der Waals surface area contributed by atoms with E-state index in [1.807, 2.05) is 25.1 Å². The van der Waals surface area contributed by atoms with Crippen LogP contribution in [0.3, 0.4) is 0 Å². The Bertz CT molecular complexity index is 757. The summed E-state index contributed by atoms with van der Waals surface area (Å²) < 4.78 is 0.